The number of allylic oxidation sites excluding steroid dienone is 1. The first kappa shape index (κ1) is 25.6. The Kier molecular flexibility index (Phi) is 10.3. The van der Waals surface area contributed by atoms with Crippen LogP contribution in [0.4, 0.5) is 4.39 Å². The molecule has 0 saturated heterocycles. The maximum atomic E-state index is 14.3. The van der Waals surface area contributed by atoms with Gasteiger partial charge in [-0.1, -0.05) is 56.7 Å². The van der Waals surface area contributed by atoms with Crippen molar-refractivity contribution in [3.05, 3.63) is 78.6 Å². The van der Waals surface area contributed by atoms with Gasteiger partial charge in [0.1, 0.15) is 6.61 Å². The maximum absolute atomic E-state index is 14.3. The molecule has 0 aliphatic heterocycles. The van der Waals surface area contributed by atoms with Crippen LogP contribution in [0.5, 0.6) is 5.75 Å². The molecule has 0 saturated carbocycles. The van der Waals surface area contributed by atoms with Crippen LogP contribution in [0.2, 0.25) is 0 Å². The number of aromatic nitrogens is 1. The Bertz CT molecular complexity index is 1090. The van der Waals surface area contributed by atoms with Crippen LogP contribution >= 0.6 is 0 Å². The van der Waals surface area contributed by atoms with E-state index in [1.165, 1.54) is 18.9 Å². The molecule has 1 atom stereocenters. The third kappa shape index (κ3) is 7.81. The number of unbranched alkanes of at least 4 members (excludes halogenated alkanes) is 3. The van der Waals surface area contributed by atoms with E-state index in [9.17, 15) is 4.39 Å². The molecule has 3 aromatic rings. The predicted octanol–water partition coefficient (Wildman–Crippen LogP) is 8.38. The molecule has 0 fully saturated rings. The van der Waals surface area contributed by atoms with Crippen molar-refractivity contribution in [2.24, 2.45) is 0 Å². The Morgan fingerprint density at radius 1 is 1.06 bits per heavy atom. The summed E-state index contributed by atoms with van der Waals surface area (Å²) >= 11 is 0. The molecule has 0 amide bonds. The van der Waals surface area contributed by atoms with E-state index in [4.69, 9.17) is 14.5 Å². The summed E-state index contributed by atoms with van der Waals surface area (Å²) in [6, 6.07) is 15.1. The highest BCUT2D eigenvalue weighted by molar-refractivity contribution is 5.83. The first-order valence-corrected chi connectivity index (χ1v) is 12.3. The second kappa shape index (κ2) is 13.7. The van der Waals surface area contributed by atoms with Crippen LogP contribution in [0.15, 0.2) is 67.3 Å². The number of ether oxygens (including phenoxy) is 2. The van der Waals surface area contributed by atoms with Crippen LogP contribution in [0.25, 0.3) is 28.2 Å². The van der Waals surface area contributed by atoms with Crippen LogP contribution in [-0.4, -0.2) is 24.3 Å². The molecule has 4 heteroatoms. The smallest absolute Gasteiger partial charge is 0.165 e. The molecule has 0 aliphatic rings. The molecular weight excluding hydrogens is 425 g/mol. The van der Waals surface area contributed by atoms with Gasteiger partial charge < -0.3 is 9.47 Å². The van der Waals surface area contributed by atoms with E-state index >= 15 is 0 Å². The summed E-state index contributed by atoms with van der Waals surface area (Å²) in [6.07, 6.45) is 13.2. The zero-order valence-corrected chi connectivity index (χ0v) is 20.4. The zero-order chi connectivity index (χ0) is 24.2. The first-order chi connectivity index (χ1) is 16.6. The minimum absolute atomic E-state index is 0.217. The highest BCUT2D eigenvalue weighted by atomic mass is 19.1. The molecule has 2 aromatic carbocycles. The van der Waals surface area contributed by atoms with Gasteiger partial charge >= 0.3 is 0 Å². The standard InChI is InChI=1S/C30H36FNO2/c1-4-6-10-20-33-23(3)11-8-7-9-12-24-13-16-28-25(21-24)14-17-29(32-28)26-15-18-30(27(31)22-26)34-19-5-2/h5,9,12-18,21-23H,2,4,6-8,10-11,19-20H2,1,3H3. The third-order valence-corrected chi connectivity index (χ3v) is 5.74. The fourth-order valence-corrected chi connectivity index (χ4v) is 3.80. The largest absolute Gasteiger partial charge is 0.486 e. The Morgan fingerprint density at radius 3 is 2.74 bits per heavy atom. The van der Waals surface area contributed by atoms with Crippen molar-refractivity contribution in [3.8, 4) is 17.0 Å². The quantitative estimate of drug-likeness (QED) is 0.178. The van der Waals surface area contributed by atoms with Gasteiger partial charge in [-0.25, -0.2) is 9.37 Å². The summed E-state index contributed by atoms with van der Waals surface area (Å²) in [6.45, 7) is 9.11. The number of pyridine rings is 1. The van der Waals surface area contributed by atoms with Crippen molar-refractivity contribution in [2.75, 3.05) is 13.2 Å². The number of fused-ring (bicyclic) bond motifs is 1. The van der Waals surface area contributed by atoms with E-state index < -0.39 is 5.82 Å². The highest BCUT2D eigenvalue weighted by Crippen LogP contribution is 2.26. The average molecular weight is 462 g/mol. The zero-order valence-electron chi connectivity index (χ0n) is 20.4. The minimum atomic E-state index is -0.404. The van der Waals surface area contributed by atoms with E-state index in [1.54, 1.807) is 12.1 Å². The number of nitrogens with zero attached hydrogens (tertiary/aromatic N) is 1. The van der Waals surface area contributed by atoms with Gasteiger partial charge in [-0.15, -0.1) is 0 Å². The summed E-state index contributed by atoms with van der Waals surface area (Å²) < 4.78 is 25.5. The highest BCUT2D eigenvalue weighted by Gasteiger charge is 2.08. The topological polar surface area (TPSA) is 31.4 Å². The second-order valence-corrected chi connectivity index (χ2v) is 8.62. The van der Waals surface area contributed by atoms with Gasteiger partial charge in [0, 0.05) is 17.6 Å². The normalized spacial score (nSPS) is 12.3. The van der Waals surface area contributed by atoms with Crippen molar-refractivity contribution in [3.63, 3.8) is 0 Å². The van der Waals surface area contributed by atoms with Gasteiger partial charge in [0.2, 0.25) is 0 Å². The van der Waals surface area contributed by atoms with Crippen molar-refractivity contribution in [1.29, 1.82) is 0 Å². The van der Waals surface area contributed by atoms with Gasteiger partial charge in [-0.2, -0.15) is 0 Å². The van der Waals surface area contributed by atoms with E-state index in [0.717, 1.165) is 60.0 Å². The molecule has 3 nitrogen and oxygen atoms in total. The lowest BCUT2D eigenvalue weighted by molar-refractivity contribution is 0.0566. The Hall–Kier alpha value is -2.98. The molecule has 3 rings (SSSR count). The SMILES string of the molecule is C=CCOc1ccc(-c2ccc3cc(C=CCCCC(C)OCCCCC)ccc3n2)cc1F. The monoisotopic (exact) mass is 461 g/mol. The predicted molar refractivity (Wildman–Crippen MR) is 141 cm³/mol. The molecule has 0 aliphatic carbocycles. The van der Waals surface area contributed by atoms with E-state index in [-0.39, 0.29) is 12.4 Å². The molecule has 180 valence electrons. The van der Waals surface area contributed by atoms with Crippen LogP contribution in [-0.2, 0) is 4.74 Å². The molecule has 1 unspecified atom stereocenters. The van der Waals surface area contributed by atoms with Crippen molar-refractivity contribution in [1.82, 2.24) is 4.98 Å². The van der Waals surface area contributed by atoms with E-state index in [2.05, 4.69) is 44.7 Å². The Balaban J connectivity index is 1.55. The van der Waals surface area contributed by atoms with E-state index in [1.807, 2.05) is 24.3 Å². The van der Waals surface area contributed by atoms with Gasteiger partial charge in [0.15, 0.2) is 11.6 Å². The molecular formula is C30H36FNO2. The molecule has 1 aromatic heterocycles. The molecule has 0 radical (unpaired) electrons. The number of hydrogen-bond donors (Lipinski definition) is 0. The van der Waals surface area contributed by atoms with Crippen molar-refractivity contribution >= 4 is 17.0 Å². The van der Waals surface area contributed by atoms with Gasteiger partial charge in [-0.05, 0) is 74.6 Å². The summed E-state index contributed by atoms with van der Waals surface area (Å²) in [7, 11) is 0. The summed E-state index contributed by atoms with van der Waals surface area (Å²) in [5, 5.41) is 1.06. The van der Waals surface area contributed by atoms with Gasteiger partial charge in [-0.3, -0.25) is 0 Å². The third-order valence-electron chi connectivity index (χ3n) is 5.74. The van der Waals surface area contributed by atoms with Gasteiger partial charge in [0.25, 0.3) is 0 Å². The molecule has 34 heavy (non-hydrogen) atoms. The summed E-state index contributed by atoms with van der Waals surface area (Å²) in [4.78, 5) is 4.72. The lowest BCUT2D eigenvalue weighted by Crippen LogP contribution is -2.08. The van der Waals surface area contributed by atoms with E-state index in [0.29, 0.717) is 6.10 Å². The maximum Gasteiger partial charge on any atom is 0.165 e. The second-order valence-electron chi connectivity index (χ2n) is 8.62. The van der Waals surface area contributed by atoms with Gasteiger partial charge in [0.05, 0.1) is 17.3 Å². The lowest BCUT2D eigenvalue weighted by Gasteiger charge is -2.12. The summed E-state index contributed by atoms with van der Waals surface area (Å²) in [5.74, 6) is -0.186. The minimum Gasteiger partial charge on any atom is -0.486 e. The van der Waals surface area contributed by atoms with Crippen LogP contribution < -0.4 is 4.74 Å². The van der Waals surface area contributed by atoms with Crippen molar-refractivity contribution in [2.45, 2.75) is 58.5 Å². The fourth-order valence-electron chi connectivity index (χ4n) is 3.80. The average Bonchev–Trinajstić information content (AvgIpc) is 2.85. The number of hydrogen-bond acceptors (Lipinski definition) is 3. The number of halogens is 1. The number of rotatable bonds is 14. The van der Waals surface area contributed by atoms with Crippen LogP contribution in [0.1, 0.15) is 57.9 Å². The Labute approximate surface area is 203 Å². The van der Waals surface area contributed by atoms with Crippen LogP contribution in [0.3, 0.4) is 0 Å². The lowest BCUT2D eigenvalue weighted by atomic mass is 10.1. The number of benzene rings is 2. The molecule has 0 bridgehead atoms. The molecule has 0 N–H and O–H groups in total. The first-order valence-electron chi connectivity index (χ1n) is 12.3. The van der Waals surface area contributed by atoms with Crippen molar-refractivity contribution < 1.29 is 13.9 Å². The summed E-state index contributed by atoms with van der Waals surface area (Å²) in [5.41, 5.74) is 3.49. The fraction of sp³-hybridized carbons (Fsp3) is 0.367. The molecule has 0 spiro atoms. The molecule has 1 heterocycles. The Morgan fingerprint density at radius 2 is 1.94 bits per heavy atom. The van der Waals surface area contributed by atoms with Crippen LogP contribution in [0, 0.1) is 5.82 Å².